The molecule has 6 rings (SSSR count). The Hall–Kier alpha value is -2.25. The third-order valence-electron chi connectivity index (χ3n) is 9.30. The lowest BCUT2D eigenvalue weighted by Crippen LogP contribution is -2.41. The molecular weight excluding hydrogens is 450 g/mol. The summed E-state index contributed by atoms with van der Waals surface area (Å²) < 4.78 is 25.6. The highest BCUT2D eigenvalue weighted by Gasteiger charge is 2.54. The van der Waals surface area contributed by atoms with Crippen LogP contribution in [0, 0.1) is 13.8 Å². The van der Waals surface area contributed by atoms with Gasteiger partial charge in [0.25, 0.3) is 0 Å². The number of rotatable bonds is 2. The third-order valence-corrected chi connectivity index (χ3v) is 9.30. The van der Waals surface area contributed by atoms with Crippen LogP contribution in [-0.2, 0) is 18.6 Å². The fourth-order valence-corrected chi connectivity index (χ4v) is 5.44. The van der Waals surface area contributed by atoms with Gasteiger partial charge in [0, 0.05) is 27.3 Å². The van der Waals surface area contributed by atoms with Crippen LogP contribution in [-0.4, -0.2) is 46.6 Å². The molecule has 2 aliphatic rings. The first-order valence-corrected chi connectivity index (χ1v) is 12.9. The van der Waals surface area contributed by atoms with Crippen molar-refractivity contribution in [1.29, 1.82) is 0 Å². The van der Waals surface area contributed by atoms with Gasteiger partial charge < -0.3 is 28.6 Å². The minimum Gasteiger partial charge on any atom is -0.398 e. The average Bonchev–Trinajstić information content (AvgIpc) is 3.41. The third kappa shape index (κ3) is 3.14. The van der Waals surface area contributed by atoms with Gasteiger partial charge in [-0.15, -0.1) is 0 Å². The number of hydrogen-bond acceptors (Lipinski definition) is 4. The van der Waals surface area contributed by atoms with Crippen molar-refractivity contribution >= 4 is 58.0 Å². The molecule has 0 radical (unpaired) electrons. The number of aromatic amines is 2. The summed E-state index contributed by atoms with van der Waals surface area (Å²) in [7, 11) is -0.885. The minimum absolute atomic E-state index is 0.398. The van der Waals surface area contributed by atoms with Crippen LogP contribution in [0.25, 0.3) is 32.6 Å². The maximum atomic E-state index is 6.40. The topological polar surface area (TPSA) is 68.5 Å². The van der Waals surface area contributed by atoms with Gasteiger partial charge in [-0.05, 0) is 85.8 Å². The number of H-pyrrole nitrogens is 2. The Balaban J connectivity index is 1.54. The number of hydrogen-bond donors (Lipinski definition) is 2. The molecule has 2 aromatic heterocycles. The van der Waals surface area contributed by atoms with Crippen LogP contribution < -0.4 is 11.2 Å². The van der Waals surface area contributed by atoms with E-state index in [1.165, 1.54) is 16.2 Å². The molecule has 4 heterocycles. The number of fused-ring (bicyclic) bond motifs is 5. The van der Waals surface area contributed by atoms with Gasteiger partial charge in [0.1, 0.15) is 0 Å². The van der Waals surface area contributed by atoms with Gasteiger partial charge >= 0.3 is 14.2 Å². The lowest BCUT2D eigenvalue weighted by molar-refractivity contribution is 0.00578. The van der Waals surface area contributed by atoms with Gasteiger partial charge in [-0.25, -0.2) is 0 Å². The number of nitrogens with one attached hydrogen (secondary N) is 2. The zero-order valence-electron chi connectivity index (χ0n) is 23.1. The molecule has 36 heavy (non-hydrogen) atoms. The predicted octanol–water partition coefficient (Wildman–Crippen LogP) is 5.02. The summed E-state index contributed by atoms with van der Waals surface area (Å²) >= 11 is 0. The standard InChI is InChI=1S/C28H36B2N2O4/c1-15-18-13-11-17-12-14-19-16(2)24(30-35-27(7,8)28(9,10)36-30)32-22(19)20(17)21(18)31-23(15)29-33-25(3,4)26(5,6)34-29/h11-14,31-32H,1-10H3. The van der Waals surface area contributed by atoms with Gasteiger partial charge in [0.15, 0.2) is 0 Å². The van der Waals surface area contributed by atoms with E-state index in [-0.39, 0.29) is 0 Å². The molecule has 2 saturated heterocycles. The Labute approximate surface area is 213 Å². The molecule has 188 valence electrons. The van der Waals surface area contributed by atoms with Crippen LogP contribution in [0.2, 0.25) is 0 Å². The molecule has 8 heteroatoms. The van der Waals surface area contributed by atoms with Gasteiger partial charge in [-0.1, -0.05) is 24.3 Å². The SMILES string of the molecule is Cc1c(B2OC(C)(C)C(C)(C)O2)[nH]c2c1ccc1ccc3c(C)c(B4OC(C)(C)C(C)(C)O4)[nH]c3c12. The zero-order chi connectivity index (χ0) is 26.0. The van der Waals surface area contributed by atoms with Gasteiger partial charge in [0.2, 0.25) is 0 Å². The molecule has 0 spiro atoms. The van der Waals surface area contributed by atoms with E-state index in [1.54, 1.807) is 0 Å². The van der Waals surface area contributed by atoms with Crippen molar-refractivity contribution in [3.63, 3.8) is 0 Å². The van der Waals surface area contributed by atoms with E-state index < -0.39 is 36.6 Å². The maximum absolute atomic E-state index is 6.40. The Morgan fingerprint density at radius 1 is 0.556 bits per heavy atom. The van der Waals surface area contributed by atoms with E-state index in [1.807, 2.05) is 0 Å². The largest absolute Gasteiger partial charge is 0.512 e. The van der Waals surface area contributed by atoms with E-state index in [0.717, 1.165) is 38.7 Å². The molecule has 2 fully saturated rings. The van der Waals surface area contributed by atoms with Crippen molar-refractivity contribution in [2.45, 2.75) is 91.6 Å². The molecule has 0 aliphatic carbocycles. The summed E-state index contributed by atoms with van der Waals surface area (Å²) in [5.41, 5.74) is 4.83. The van der Waals surface area contributed by atoms with Crippen molar-refractivity contribution < 1.29 is 18.6 Å². The van der Waals surface area contributed by atoms with Crippen LogP contribution in [0.5, 0.6) is 0 Å². The highest BCUT2D eigenvalue weighted by atomic mass is 16.7. The number of aryl methyl sites for hydroxylation is 2. The highest BCUT2D eigenvalue weighted by molar-refractivity contribution is 6.63. The van der Waals surface area contributed by atoms with Crippen LogP contribution in [0.1, 0.15) is 66.5 Å². The van der Waals surface area contributed by atoms with Crippen molar-refractivity contribution in [2.24, 2.45) is 0 Å². The normalized spacial score (nSPS) is 22.5. The molecule has 2 aliphatic heterocycles. The highest BCUT2D eigenvalue weighted by Crippen LogP contribution is 2.40. The lowest BCUT2D eigenvalue weighted by atomic mass is 9.82. The summed E-state index contributed by atoms with van der Waals surface area (Å²) in [6.07, 6.45) is 0. The van der Waals surface area contributed by atoms with E-state index in [2.05, 4.69) is 103 Å². The first kappa shape index (κ1) is 24.1. The quantitative estimate of drug-likeness (QED) is 0.391. The van der Waals surface area contributed by atoms with Gasteiger partial charge in [0.05, 0.1) is 33.4 Å². The van der Waals surface area contributed by atoms with Crippen molar-refractivity contribution in [3.05, 3.63) is 35.4 Å². The first-order valence-electron chi connectivity index (χ1n) is 12.9. The first-order chi connectivity index (χ1) is 16.6. The Morgan fingerprint density at radius 2 is 0.889 bits per heavy atom. The summed E-state index contributed by atoms with van der Waals surface area (Å²) in [4.78, 5) is 7.42. The van der Waals surface area contributed by atoms with Crippen molar-refractivity contribution in [2.75, 3.05) is 0 Å². The molecule has 6 nitrogen and oxygen atoms in total. The Morgan fingerprint density at radius 3 is 1.22 bits per heavy atom. The molecule has 0 atom stereocenters. The fraction of sp³-hybridized carbons (Fsp3) is 0.500. The lowest BCUT2D eigenvalue weighted by Gasteiger charge is -2.32. The molecule has 2 aromatic carbocycles. The molecule has 0 bridgehead atoms. The van der Waals surface area contributed by atoms with E-state index in [9.17, 15) is 0 Å². The zero-order valence-corrected chi connectivity index (χ0v) is 23.1. The van der Waals surface area contributed by atoms with Crippen LogP contribution in [0.3, 0.4) is 0 Å². The summed E-state index contributed by atoms with van der Waals surface area (Å²) in [5, 5.41) is 4.66. The second-order valence-electron chi connectivity index (χ2n) is 12.6. The number of benzene rings is 2. The molecule has 2 N–H and O–H groups in total. The van der Waals surface area contributed by atoms with Crippen molar-refractivity contribution in [1.82, 2.24) is 9.97 Å². The molecular formula is C28H36B2N2O4. The smallest absolute Gasteiger partial charge is 0.398 e. The van der Waals surface area contributed by atoms with E-state index in [4.69, 9.17) is 18.6 Å². The second kappa shape index (κ2) is 7.19. The monoisotopic (exact) mass is 486 g/mol. The summed E-state index contributed by atoms with van der Waals surface area (Å²) in [6, 6.07) is 8.76. The maximum Gasteiger partial charge on any atom is 0.512 e. The van der Waals surface area contributed by atoms with Crippen LogP contribution in [0.4, 0.5) is 0 Å². The van der Waals surface area contributed by atoms with Crippen LogP contribution in [0.15, 0.2) is 24.3 Å². The van der Waals surface area contributed by atoms with Gasteiger partial charge in [-0.3, -0.25) is 0 Å². The van der Waals surface area contributed by atoms with E-state index >= 15 is 0 Å². The molecule has 0 amide bonds. The second-order valence-corrected chi connectivity index (χ2v) is 12.6. The summed E-state index contributed by atoms with van der Waals surface area (Å²) in [5.74, 6) is 0. The predicted molar refractivity (Wildman–Crippen MR) is 149 cm³/mol. The van der Waals surface area contributed by atoms with Crippen molar-refractivity contribution in [3.8, 4) is 0 Å². The number of aromatic nitrogens is 2. The Bertz CT molecular complexity index is 1400. The van der Waals surface area contributed by atoms with Gasteiger partial charge in [-0.2, -0.15) is 0 Å². The fourth-order valence-electron chi connectivity index (χ4n) is 5.44. The Kier molecular flexibility index (Phi) is 4.82. The van der Waals surface area contributed by atoms with Crippen LogP contribution >= 0.6 is 0 Å². The molecule has 0 saturated carbocycles. The molecule has 0 unspecified atom stereocenters. The van der Waals surface area contributed by atoms with E-state index in [0.29, 0.717) is 0 Å². The minimum atomic E-state index is -0.442. The average molecular weight is 486 g/mol. The molecule has 4 aromatic rings. The summed E-state index contributed by atoms with van der Waals surface area (Å²) in [6.45, 7) is 21.0.